The highest BCUT2D eigenvalue weighted by Gasteiger charge is 2.43. The standard InChI is InChI=1S/C13H27N3S/c1-11-13(10-14,6-8-17-11)16(3)9-12-5-4-7-15(12)2/h11-12H,4-10,14H2,1-3H3. The summed E-state index contributed by atoms with van der Waals surface area (Å²) in [5.74, 6) is 1.27. The van der Waals surface area contributed by atoms with Gasteiger partial charge in [-0.2, -0.15) is 11.8 Å². The molecule has 3 nitrogen and oxygen atoms in total. The van der Waals surface area contributed by atoms with Gasteiger partial charge in [-0.3, -0.25) is 4.90 Å². The summed E-state index contributed by atoms with van der Waals surface area (Å²) in [6.07, 6.45) is 3.96. The zero-order chi connectivity index (χ0) is 12.5. The summed E-state index contributed by atoms with van der Waals surface area (Å²) in [6, 6.07) is 0.737. The molecular formula is C13H27N3S. The van der Waals surface area contributed by atoms with Crippen molar-refractivity contribution in [2.75, 3.05) is 39.5 Å². The summed E-state index contributed by atoms with van der Waals surface area (Å²) in [7, 11) is 4.54. The lowest BCUT2D eigenvalue weighted by atomic mass is 9.90. The van der Waals surface area contributed by atoms with E-state index in [9.17, 15) is 0 Å². The molecule has 2 heterocycles. The number of likely N-dealkylation sites (N-methyl/N-ethyl adjacent to an activating group) is 2. The number of likely N-dealkylation sites (tertiary alicyclic amines) is 1. The number of nitrogens with zero attached hydrogens (tertiary/aromatic N) is 2. The molecule has 4 heteroatoms. The predicted molar refractivity (Wildman–Crippen MR) is 76.6 cm³/mol. The van der Waals surface area contributed by atoms with Gasteiger partial charge in [-0.15, -0.1) is 0 Å². The van der Waals surface area contributed by atoms with Gasteiger partial charge in [0.1, 0.15) is 0 Å². The van der Waals surface area contributed by atoms with E-state index in [1.165, 1.54) is 38.1 Å². The lowest BCUT2D eigenvalue weighted by Crippen LogP contribution is -2.58. The Morgan fingerprint density at radius 2 is 2.29 bits per heavy atom. The molecule has 0 saturated carbocycles. The average molecular weight is 257 g/mol. The molecule has 0 aromatic heterocycles. The molecular weight excluding hydrogens is 230 g/mol. The van der Waals surface area contributed by atoms with Crippen molar-refractivity contribution in [3.63, 3.8) is 0 Å². The van der Waals surface area contributed by atoms with Crippen LogP contribution in [0.4, 0.5) is 0 Å². The SMILES string of the molecule is CC1SCCC1(CN)N(C)CC1CCCN1C. The first-order valence-electron chi connectivity index (χ1n) is 6.83. The van der Waals surface area contributed by atoms with Gasteiger partial charge < -0.3 is 10.6 Å². The van der Waals surface area contributed by atoms with Crippen LogP contribution in [-0.4, -0.2) is 66.1 Å². The van der Waals surface area contributed by atoms with Crippen LogP contribution < -0.4 is 5.73 Å². The van der Waals surface area contributed by atoms with Crippen LogP contribution in [-0.2, 0) is 0 Å². The van der Waals surface area contributed by atoms with E-state index >= 15 is 0 Å². The van der Waals surface area contributed by atoms with Gasteiger partial charge >= 0.3 is 0 Å². The second-order valence-electron chi connectivity index (χ2n) is 5.73. The van der Waals surface area contributed by atoms with E-state index in [1.54, 1.807) is 0 Å². The summed E-state index contributed by atoms with van der Waals surface area (Å²) >= 11 is 2.08. The zero-order valence-electron chi connectivity index (χ0n) is 11.5. The minimum Gasteiger partial charge on any atom is -0.329 e. The minimum atomic E-state index is 0.244. The van der Waals surface area contributed by atoms with Gasteiger partial charge in [0.15, 0.2) is 0 Å². The molecule has 2 rings (SSSR count). The average Bonchev–Trinajstić information content (AvgIpc) is 2.87. The van der Waals surface area contributed by atoms with Crippen molar-refractivity contribution in [2.45, 2.75) is 43.0 Å². The van der Waals surface area contributed by atoms with Crippen LogP contribution in [0.15, 0.2) is 0 Å². The monoisotopic (exact) mass is 257 g/mol. The van der Waals surface area contributed by atoms with Crippen molar-refractivity contribution in [3.8, 4) is 0 Å². The Kier molecular flexibility index (Phi) is 4.40. The number of thioether (sulfide) groups is 1. The molecule has 2 aliphatic heterocycles. The molecule has 2 saturated heterocycles. The molecule has 3 unspecified atom stereocenters. The first-order chi connectivity index (χ1) is 8.10. The van der Waals surface area contributed by atoms with Crippen LogP contribution >= 0.6 is 11.8 Å². The molecule has 0 aliphatic carbocycles. The molecule has 2 fully saturated rings. The van der Waals surface area contributed by atoms with Crippen LogP contribution in [0.25, 0.3) is 0 Å². The third kappa shape index (κ3) is 2.50. The van der Waals surface area contributed by atoms with Crippen molar-refractivity contribution >= 4 is 11.8 Å². The molecule has 0 spiro atoms. The summed E-state index contributed by atoms with van der Waals surface area (Å²) < 4.78 is 0. The highest BCUT2D eigenvalue weighted by atomic mass is 32.2. The maximum Gasteiger partial charge on any atom is 0.0452 e. The largest absolute Gasteiger partial charge is 0.329 e. The van der Waals surface area contributed by atoms with Crippen molar-refractivity contribution in [1.29, 1.82) is 0 Å². The summed E-state index contributed by atoms with van der Waals surface area (Å²) in [5.41, 5.74) is 6.34. The Balaban J connectivity index is 2.00. The molecule has 17 heavy (non-hydrogen) atoms. The third-order valence-corrected chi connectivity index (χ3v) is 6.31. The third-order valence-electron chi connectivity index (χ3n) is 4.93. The summed E-state index contributed by atoms with van der Waals surface area (Å²) in [4.78, 5) is 5.07. The van der Waals surface area contributed by atoms with E-state index in [4.69, 9.17) is 5.73 Å². The Labute approximate surface area is 110 Å². The van der Waals surface area contributed by atoms with Crippen LogP contribution in [0.2, 0.25) is 0 Å². The van der Waals surface area contributed by atoms with E-state index in [0.717, 1.165) is 12.6 Å². The van der Waals surface area contributed by atoms with Crippen molar-refractivity contribution in [3.05, 3.63) is 0 Å². The number of nitrogens with two attached hydrogens (primary N) is 1. The second kappa shape index (κ2) is 5.47. The highest BCUT2D eigenvalue weighted by Crippen LogP contribution is 2.39. The Morgan fingerprint density at radius 1 is 1.53 bits per heavy atom. The quantitative estimate of drug-likeness (QED) is 0.821. The smallest absolute Gasteiger partial charge is 0.0452 e. The summed E-state index contributed by atoms with van der Waals surface area (Å²) in [5, 5.41) is 0.671. The van der Waals surface area contributed by atoms with Gasteiger partial charge in [0, 0.05) is 29.9 Å². The molecule has 0 amide bonds. The van der Waals surface area contributed by atoms with Gasteiger partial charge in [-0.05, 0) is 45.7 Å². The van der Waals surface area contributed by atoms with E-state index in [1.807, 2.05) is 0 Å². The van der Waals surface area contributed by atoms with Crippen LogP contribution in [0.5, 0.6) is 0 Å². The Bertz CT molecular complexity index is 261. The van der Waals surface area contributed by atoms with E-state index in [2.05, 4.69) is 42.6 Å². The molecule has 0 bridgehead atoms. The zero-order valence-corrected chi connectivity index (χ0v) is 12.3. The van der Waals surface area contributed by atoms with Crippen molar-refractivity contribution in [2.24, 2.45) is 5.73 Å². The maximum atomic E-state index is 6.10. The first kappa shape index (κ1) is 13.7. The Morgan fingerprint density at radius 3 is 2.76 bits per heavy atom. The molecule has 2 aliphatic rings. The minimum absolute atomic E-state index is 0.244. The molecule has 0 aromatic carbocycles. The molecule has 2 N–H and O–H groups in total. The van der Waals surface area contributed by atoms with E-state index in [-0.39, 0.29) is 5.54 Å². The van der Waals surface area contributed by atoms with Gasteiger partial charge in [0.2, 0.25) is 0 Å². The number of rotatable bonds is 4. The highest BCUT2D eigenvalue weighted by molar-refractivity contribution is 8.00. The van der Waals surface area contributed by atoms with Gasteiger partial charge in [-0.1, -0.05) is 6.92 Å². The maximum absolute atomic E-state index is 6.10. The predicted octanol–water partition coefficient (Wildman–Crippen LogP) is 1.24. The van der Waals surface area contributed by atoms with Crippen LogP contribution in [0, 0.1) is 0 Å². The van der Waals surface area contributed by atoms with E-state index < -0.39 is 0 Å². The lowest BCUT2D eigenvalue weighted by Gasteiger charge is -2.43. The van der Waals surface area contributed by atoms with Crippen molar-refractivity contribution in [1.82, 2.24) is 9.80 Å². The molecule has 0 radical (unpaired) electrons. The Hall–Kier alpha value is 0.230. The van der Waals surface area contributed by atoms with Gasteiger partial charge in [0.05, 0.1) is 0 Å². The van der Waals surface area contributed by atoms with Gasteiger partial charge in [0.25, 0.3) is 0 Å². The van der Waals surface area contributed by atoms with Crippen LogP contribution in [0.3, 0.4) is 0 Å². The molecule has 3 atom stereocenters. The normalized spacial score (nSPS) is 39.4. The molecule has 0 aromatic rings. The van der Waals surface area contributed by atoms with Crippen LogP contribution in [0.1, 0.15) is 26.2 Å². The van der Waals surface area contributed by atoms with E-state index in [0.29, 0.717) is 5.25 Å². The topological polar surface area (TPSA) is 32.5 Å². The number of hydrogen-bond donors (Lipinski definition) is 1. The summed E-state index contributed by atoms with van der Waals surface area (Å²) in [6.45, 7) is 5.59. The van der Waals surface area contributed by atoms with Gasteiger partial charge in [-0.25, -0.2) is 0 Å². The lowest BCUT2D eigenvalue weighted by molar-refractivity contribution is 0.0987. The molecule has 100 valence electrons. The first-order valence-corrected chi connectivity index (χ1v) is 7.88. The fourth-order valence-corrected chi connectivity index (χ4v) is 4.93. The fraction of sp³-hybridized carbons (Fsp3) is 1.00. The van der Waals surface area contributed by atoms with Crippen molar-refractivity contribution < 1.29 is 0 Å². The number of hydrogen-bond acceptors (Lipinski definition) is 4. The fourth-order valence-electron chi connectivity index (χ4n) is 3.40. The second-order valence-corrected chi connectivity index (χ2v) is 7.18.